The van der Waals surface area contributed by atoms with Crippen LogP contribution in [0.1, 0.15) is 37.4 Å². The molecule has 8 nitrogen and oxygen atoms in total. The van der Waals surface area contributed by atoms with Crippen LogP contribution in [-0.4, -0.2) is 26.6 Å². The Bertz CT molecular complexity index is 1600. The van der Waals surface area contributed by atoms with E-state index in [0.29, 0.717) is 24.8 Å². The van der Waals surface area contributed by atoms with Gasteiger partial charge < -0.3 is 16.4 Å². The van der Waals surface area contributed by atoms with Crippen molar-refractivity contribution >= 4 is 29.1 Å². The van der Waals surface area contributed by atoms with Crippen molar-refractivity contribution in [2.75, 3.05) is 10.6 Å². The van der Waals surface area contributed by atoms with E-state index >= 15 is 4.39 Å². The second-order valence-electron chi connectivity index (χ2n) is 8.77. The van der Waals surface area contributed by atoms with Crippen molar-refractivity contribution in [2.45, 2.75) is 26.1 Å². The van der Waals surface area contributed by atoms with Gasteiger partial charge in [0, 0.05) is 29.6 Å². The van der Waals surface area contributed by atoms with Crippen molar-refractivity contribution in [3.05, 3.63) is 88.4 Å². The molecule has 194 valence electrons. The second-order valence-corrected chi connectivity index (χ2v) is 8.77. The number of hydrogen-bond donors (Lipinski definition) is 3. The van der Waals surface area contributed by atoms with Crippen LogP contribution >= 0.6 is 0 Å². The number of aryl methyl sites for hydroxylation is 3. The Morgan fingerprint density at radius 2 is 1.89 bits per heavy atom. The van der Waals surface area contributed by atoms with Gasteiger partial charge in [-0.2, -0.15) is 18.3 Å². The summed E-state index contributed by atoms with van der Waals surface area (Å²) in [5.41, 5.74) is 7.31. The molecule has 0 spiro atoms. The summed E-state index contributed by atoms with van der Waals surface area (Å²) in [5, 5.41) is 9.85. The number of alkyl halides is 3. The van der Waals surface area contributed by atoms with Crippen LogP contribution in [0.4, 0.5) is 34.9 Å². The van der Waals surface area contributed by atoms with Gasteiger partial charge in [0.25, 0.3) is 11.8 Å². The molecular formula is C26H20F4N6O2. The van der Waals surface area contributed by atoms with Crippen molar-refractivity contribution < 1.29 is 27.2 Å². The van der Waals surface area contributed by atoms with Crippen LogP contribution in [0.2, 0.25) is 0 Å². The van der Waals surface area contributed by atoms with Gasteiger partial charge in [0.1, 0.15) is 28.7 Å². The Morgan fingerprint density at radius 1 is 1.11 bits per heavy atom. The number of amides is 2. The lowest BCUT2D eigenvalue weighted by Crippen LogP contribution is -2.15. The van der Waals surface area contributed by atoms with Crippen LogP contribution < -0.4 is 16.4 Å². The maximum Gasteiger partial charge on any atom is 0.416 e. The SMILES string of the molecule is Cc1ccc2c(c1)CCn1nc(-c3ccc(C(=O)Nc4cc(C(F)(F)F)ccn4)cc3F)c(C(N)=O)c1N2. The van der Waals surface area contributed by atoms with Gasteiger partial charge in [-0.05, 0) is 55.3 Å². The highest BCUT2D eigenvalue weighted by atomic mass is 19.4. The number of carbonyl (C=O) groups is 2. The Kier molecular flexibility index (Phi) is 6.09. The molecular weight excluding hydrogens is 504 g/mol. The van der Waals surface area contributed by atoms with Crippen LogP contribution in [-0.2, 0) is 19.1 Å². The van der Waals surface area contributed by atoms with E-state index in [1.54, 1.807) is 4.68 Å². The average molecular weight is 524 g/mol. The summed E-state index contributed by atoms with van der Waals surface area (Å²) < 4.78 is 55.6. The van der Waals surface area contributed by atoms with Gasteiger partial charge in [-0.15, -0.1) is 0 Å². The third-order valence-electron chi connectivity index (χ3n) is 6.12. The summed E-state index contributed by atoms with van der Waals surface area (Å²) in [6.45, 7) is 2.38. The Hall–Kier alpha value is -4.74. The topological polar surface area (TPSA) is 115 Å². The fraction of sp³-hybridized carbons (Fsp3) is 0.154. The van der Waals surface area contributed by atoms with Gasteiger partial charge in [-0.25, -0.2) is 14.1 Å². The highest BCUT2D eigenvalue weighted by Crippen LogP contribution is 2.36. The zero-order valence-electron chi connectivity index (χ0n) is 19.9. The fourth-order valence-electron chi connectivity index (χ4n) is 4.29. The molecule has 4 aromatic rings. The summed E-state index contributed by atoms with van der Waals surface area (Å²) in [4.78, 5) is 28.7. The molecule has 2 aromatic carbocycles. The zero-order valence-corrected chi connectivity index (χ0v) is 19.9. The van der Waals surface area contributed by atoms with Gasteiger partial charge in [-0.3, -0.25) is 9.59 Å². The van der Waals surface area contributed by atoms with E-state index in [1.165, 1.54) is 12.1 Å². The summed E-state index contributed by atoms with van der Waals surface area (Å²) in [6, 6.07) is 10.7. The van der Waals surface area contributed by atoms with E-state index in [1.807, 2.05) is 25.1 Å². The summed E-state index contributed by atoms with van der Waals surface area (Å²) in [5.74, 6) is -2.58. The van der Waals surface area contributed by atoms with Crippen molar-refractivity contribution in [3.63, 3.8) is 0 Å². The quantitative estimate of drug-likeness (QED) is 0.323. The molecule has 1 aliphatic rings. The van der Waals surface area contributed by atoms with E-state index in [2.05, 4.69) is 20.7 Å². The molecule has 0 atom stereocenters. The van der Waals surface area contributed by atoms with Crippen molar-refractivity contribution in [2.24, 2.45) is 5.73 Å². The van der Waals surface area contributed by atoms with Gasteiger partial charge in [0.05, 0.1) is 5.56 Å². The first-order chi connectivity index (χ1) is 18.0. The van der Waals surface area contributed by atoms with E-state index in [0.717, 1.165) is 35.1 Å². The first-order valence-electron chi connectivity index (χ1n) is 11.4. The van der Waals surface area contributed by atoms with Crippen molar-refractivity contribution in [3.8, 4) is 11.3 Å². The fourth-order valence-corrected chi connectivity index (χ4v) is 4.29. The number of anilines is 3. The van der Waals surface area contributed by atoms with E-state index in [4.69, 9.17) is 5.73 Å². The number of pyridine rings is 1. The van der Waals surface area contributed by atoms with Crippen LogP contribution in [0.3, 0.4) is 0 Å². The Balaban J connectivity index is 1.46. The predicted octanol–water partition coefficient (Wildman–Crippen LogP) is 5.06. The molecule has 0 saturated heterocycles. The molecule has 1 aliphatic heterocycles. The highest BCUT2D eigenvalue weighted by Gasteiger charge is 2.31. The predicted molar refractivity (Wildman–Crippen MR) is 131 cm³/mol. The van der Waals surface area contributed by atoms with Crippen LogP contribution in [0.5, 0.6) is 0 Å². The number of aromatic nitrogens is 3. The molecule has 0 bridgehead atoms. The van der Waals surface area contributed by atoms with E-state index in [9.17, 15) is 22.8 Å². The van der Waals surface area contributed by atoms with Crippen molar-refractivity contribution in [1.82, 2.24) is 14.8 Å². The normalized spacial score (nSPS) is 12.7. The Labute approximate surface area is 213 Å². The monoisotopic (exact) mass is 524 g/mol. The standard InChI is InChI=1S/C26H20F4N6O2/c1-13-2-5-19-14(10-13)7-9-36-24(33-19)21(23(31)37)22(35-36)17-4-3-15(11-18(17)27)25(38)34-20-12-16(6-8-32-20)26(28,29)30/h2-6,8,10-12,33H,7,9H2,1H3,(H2,31,37)(H,32,34,38). The lowest BCUT2D eigenvalue weighted by atomic mass is 10.0. The molecule has 5 rings (SSSR count). The molecule has 4 N–H and O–H groups in total. The minimum absolute atomic E-state index is 0.000403. The molecule has 2 aromatic heterocycles. The maximum atomic E-state index is 15.3. The first kappa shape index (κ1) is 24.9. The number of carbonyl (C=O) groups excluding carboxylic acids is 2. The lowest BCUT2D eigenvalue weighted by molar-refractivity contribution is -0.137. The second kappa shape index (κ2) is 9.29. The third kappa shape index (κ3) is 4.67. The number of primary amides is 1. The molecule has 12 heteroatoms. The number of nitrogens with two attached hydrogens (primary N) is 1. The highest BCUT2D eigenvalue weighted by molar-refractivity contribution is 6.06. The van der Waals surface area contributed by atoms with Crippen LogP contribution in [0, 0.1) is 12.7 Å². The van der Waals surface area contributed by atoms with Gasteiger partial charge in [-0.1, -0.05) is 17.7 Å². The summed E-state index contributed by atoms with van der Waals surface area (Å²) in [7, 11) is 0. The number of nitrogens with zero attached hydrogens (tertiary/aromatic N) is 3. The molecule has 0 aliphatic carbocycles. The van der Waals surface area contributed by atoms with E-state index in [-0.39, 0.29) is 28.2 Å². The summed E-state index contributed by atoms with van der Waals surface area (Å²) in [6.07, 6.45) is -3.10. The third-order valence-corrected chi connectivity index (χ3v) is 6.12. The molecule has 0 radical (unpaired) electrons. The zero-order chi connectivity index (χ0) is 27.2. The molecule has 3 heterocycles. The summed E-state index contributed by atoms with van der Waals surface area (Å²) >= 11 is 0. The number of nitrogens with one attached hydrogen (secondary N) is 2. The van der Waals surface area contributed by atoms with E-state index < -0.39 is 29.4 Å². The number of benzene rings is 2. The number of halogens is 4. The molecule has 38 heavy (non-hydrogen) atoms. The number of fused-ring (bicyclic) bond motifs is 2. The van der Waals surface area contributed by atoms with Crippen LogP contribution in [0.15, 0.2) is 54.7 Å². The molecule has 2 amide bonds. The minimum atomic E-state index is -4.62. The maximum absolute atomic E-state index is 15.3. The van der Waals surface area contributed by atoms with Crippen molar-refractivity contribution in [1.29, 1.82) is 0 Å². The number of rotatable bonds is 4. The smallest absolute Gasteiger partial charge is 0.365 e. The lowest BCUT2D eigenvalue weighted by Gasteiger charge is -2.10. The molecule has 0 saturated carbocycles. The number of hydrogen-bond acceptors (Lipinski definition) is 5. The van der Waals surface area contributed by atoms with Gasteiger partial charge in [0.15, 0.2) is 0 Å². The van der Waals surface area contributed by atoms with Gasteiger partial charge >= 0.3 is 6.18 Å². The average Bonchev–Trinajstić information content (AvgIpc) is 3.12. The molecule has 0 unspecified atom stereocenters. The van der Waals surface area contributed by atoms with Gasteiger partial charge in [0.2, 0.25) is 0 Å². The van der Waals surface area contributed by atoms with Crippen LogP contribution in [0.25, 0.3) is 11.3 Å². The molecule has 0 fully saturated rings. The first-order valence-corrected chi connectivity index (χ1v) is 11.4. The largest absolute Gasteiger partial charge is 0.416 e. The minimum Gasteiger partial charge on any atom is -0.365 e. The Morgan fingerprint density at radius 3 is 2.61 bits per heavy atom.